The molecule has 0 aliphatic carbocycles. The summed E-state index contributed by atoms with van der Waals surface area (Å²) in [5.74, 6) is 1.07. The van der Waals surface area contributed by atoms with Crippen LogP contribution in [0.15, 0.2) is 18.3 Å². The highest BCUT2D eigenvalue weighted by Gasteiger charge is 2.05. The summed E-state index contributed by atoms with van der Waals surface area (Å²) in [5.41, 5.74) is 6.31. The fourth-order valence-corrected chi connectivity index (χ4v) is 1.19. The second-order valence-electron chi connectivity index (χ2n) is 3.18. The normalized spacial score (nSPS) is 10.5. The molecule has 0 aliphatic heterocycles. The molecule has 0 aliphatic rings. The number of hydrogen-bond donors (Lipinski definition) is 1. The van der Waals surface area contributed by atoms with Crippen molar-refractivity contribution in [2.24, 2.45) is 0 Å². The number of hydrogen-bond acceptors (Lipinski definition) is 5. The largest absolute Gasteiger partial charge is 0.384 e. The molecule has 6 nitrogen and oxygen atoms in total. The number of tetrazole rings is 1. The van der Waals surface area contributed by atoms with Crippen molar-refractivity contribution in [2.75, 3.05) is 5.73 Å². The van der Waals surface area contributed by atoms with Gasteiger partial charge in [0.25, 0.3) is 0 Å². The second-order valence-corrected chi connectivity index (χ2v) is 3.18. The summed E-state index contributed by atoms with van der Waals surface area (Å²) in [4.78, 5) is 5.55. The number of anilines is 1. The third kappa shape index (κ3) is 2.09. The standard InChI is InChI=1S/C9H12N6/c1-2-5-15-13-9(12-14-15)7-3-4-8(10)11-6-7/h3-4,6H,2,5H2,1H3,(H2,10,11). The Morgan fingerprint density at radius 2 is 2.27 bits per heavy atom. The van der Waals surface area contributed by atoms with E-state index in [1.54, 1.807) is 17.1 Å². The predicted octanol–water partition coefficient (Wildman–Crippen LogP) is 0.727. The maximum Gasteiger partial charge on any atom is 0.206 e. The van der Waals surface area contributed by atoms with Crippen LogP contribution in [0.5, 0.6) is 0 Å². The van der Waals surface area contributed by atoms with Crippen LogP contribution >= 0.6 is 0 Å². The average molecular weight is 204 g/mol. The third-order valence-corrected chi connectivity index (χ3v) is 1.92. The number of nitrogens with zero attached hydrogens (tertiary/aromatic N) is 5. The molecule has 0 atom stereocenters. The van der Waals surface area contributed by atoms with Gasteiger partial charge in [0.05, 0.1) is 6.54 Å². The molecule has 78 valence electrons. The molecule has 2 N–H and O–H groups in total. The molecular weight excluding hydrogens is 192 g/mol. The lowest BCUT2D eigenvalue weighted by Gasteiger charge is -1.94. The number of aryl methyl sites for hydroxylation is 1. The highest BCUT2D eigenvalue weighted by molar-refractivity contribution is 5.53. The van der Waals surface area contributed by atoms with Crippen LogP contribution in [0.1, 0.15) is 13.3 Å². The average Bonchev–Trinajstić information content (AvgIpc) is 2.68. The Balaban J connectivity index is 2.25. The molecular formula is C9H12N6. The lowest BCUT2D eigenvalue weighted by Crippen LogP contribution is -2.01. The molecule has 2 aromatic rings. The van der Waals surface area contributed by atoms with Crippen LogP contribution in [-0.2, 0) is 6.54 Å². The van der Waals surface area contributed by atoms with E-state index in [0.29, 0.717) is 11.6 Å². The van der Waals surface area contributed by atoms with Gasteiger partial charge in [0.15, 0.2) is 0 Å². The maximum atomic E-state index is 5.48. The first-order valence-electron chi connectivity index (χ1n) is 4.79. The number of nitrogen functional groups attached to an aromatic ring is 1. The molecule has 0 fully saturated rings. The maximum absolute atomic E-state index is 5.48. The Bertz CT molecular complexity index is 432. The van der Waals surface area contributed by atoms with Crippen molar-refractivity contribution in [3.8, 4) is 11.4 Å². The lowest BCUT2D eigenvalue weighted by atomic mass is 10.3. The van der Waals surface area contributed by atoms with Crippen molar-refractivity contribution in [2.45, 2.75) is 19.9 Å². The van der Waals surface area contributed by atoms with Crippen molar-refractivity contribution in [1.29, 1.82) is 0 Å². The van der Waals surface area contributed by atoms with Gasteiger partial charge < -0.3 is 5.73 Å². The van der Waals surface area contributed by atoms with Crippen molar-refractivity contribution >= 4 is 5.82 Å². The first kappa shape index (κ1) is 9.57. The fraction of sp³-hybridized carbons (Fsp3) is 0.333. The number of pyridine rings is 1. The Morgan fingerprint density at radius 1 is 1.40 bits per heavy atom. The SMILES string of the molecule is CCCn1nnc(-c2ccc(N)nc2)n1. The molecule has 2 heterocycles. The van der Waals surface area contributed by atoms with Crippen LogP contribution in [-0.4, -0.2) is 25.2 Å². The summed E-state index contributed by atoms with van der Waals surface area (Å²) in [7, 11) is 0. The topological polar surface area (TPSA) is 82.5 Å². The van der Waals surface area contributed by atoms with Crippen LogP contribution in [0.3, 0.4) is 0 Å². The van der Waals surface area contributed by atoms with Gasteiger partial charge in [0, 0.05) is 11.8 Å². The zero-order valence-corrected chi connectivity index (χ0v) is 8.46. The van der Waals surface area contributed by atoms with Crippen molar-refractivity contribution in [3.05, 3.63) is 18.3 Å². The summed E-state index contributed by atoms with van der Waals surface area (Å²) in [5, 5.41) is 12.1. The molecule has 0 saturated carbocycles. The summed E-state index contributed by atoms with van der Waals surface area (Å²) >= 11 is 0. The van der Waals surface area contributed by atoms with E-state index in [2.05, 4.69) is 27.3 Å². The van der Waals surface area contributed by atoms with Gasteiger partial charge >= 0.3 is 0 Å². The lowest BCUT2D eigenvalue weighted by molar-refractivity contribution is 0.515. The van der Waals surface area contributed by atoms with Crippen LogP contribution in [0.4, 0.5) is 5.82 Å². The predicted molar refractivity (Wildman–Crippen MR) is 55.8 cm³/mol. The summed E-state index contributed by atoms with van der Waals surface area (Å²) in [6.45, 7) is 2.84. The number of nitrogens with two attached hydrogens (primary N) is 1. The van der Waals surface area contributed by atoms with E-state index in [9.17, 15) is 0 Å². The van der Waals surface area contributed by atoms with Gasteiger partial charge in [-0.2, -0.15) is 4.80 Å². The smallest absolute Gasteiger partial charge is 0.206 e. The first-order chi connectivity index (χ1) is 7.29. The van der Waals surface area contributed by atoms with Gasteiger partial charge in [-0.3, -0.25) is 0 Å². The van der Waals surface area contributed by atoms with Crippen LogP contribution in [0.2, 0.25) is 0 Å². The van der Waals surface area contributed by atoms with E-state index in [-0.39, 0.29) is 0 Å². The molecule has 2 aromatic heterocycles. The molecule has 15 heavy (non-hydrogen) atoms. The minimum absolute atomic E-state index is 0.486. The summed E-state index contributed by atoms with van der Waals surface area (Å²) in [6, 6.07) is 3.55. The first-order valence-corrected chi connectivity index (χ1v) is 4.79. The van der Waals surface area contributed by atoms with Crippen molar-refractivity contribution in [3.63, 3.8) is 0 Å². The minimum Gasteiger partial charge on any atom is -0.384 e. The second kappa shape index (κ2) is 4.04. The van der Waals surface area contributed by atoms with Gasteiger partial charge in [-0.05, 0) is 23.8 Å². The summed E-state index contributed by atoms with van der Waals surface area (Å²) in [6.07, 6.45) is 2.62. The van der Waals surface area contributed by atoms with E-state index in [1.807, 2.05) is 6.07 Å². The Kier molecular flexibility index (Phi) is 2.57. The highest BCUT2D eigenvalue weighted by atomic mass is 15.6. The molecule has 0 radical (unpaired) electrons. The molecule has 0 aromatic carbocycles. The van der Waals surface area contributed by atoms with E-state index in [1.165, 1.54) is 0 Å². The minimum atomic E-state index is 0.486. The van der Waals surface area contributed by atoms with Gasteiger partial charge in [0.1, 0.15) is 5.82 Å². The Labute approximate surface area is 87.1 Å². The van der Waals surface area contributed by atoms with Gasteiger partial charge in [-0.25, -0.2) is 4.98 Å². The molecule has 0 spiro atoms. The van der Waals surface area contributed by atoms with Crippen LogP contribution < -0.4 is 5.73 Å². The Morgan fingerprint density at radius 3 is 2.93 bits per heavy atom. The van der Waals surface area contributed by atoms with E-state index in [0.717, 1.165) is 18.5 Å². The number of aromatic nitrogens is 5. The molecule has 2 rings (SSSR count). The quantitative estimate of drug-likeness (QED) is 0.796. The van der Waals surface area contributed by atoms with Gasteiger partial charge in [-0.15, -0.1) is 10.2 Å². The molecule has 6 heteroatoms. The Hall–Kier alpha value is -1.98. The van der Waals surface area contributed by atoms with Gasteiger partial charge in [-0.1, -0.05) is 6.92 Å². The third-order valence-electron chi connectivity index (χ3n) is 1.92. The number of rotatable bonds is 3. The molecule has 0 unspecified atom stereocenters. The van der Waals surface area contributed by atoms with Crippen LogP contribution in [0.25, 0.3) is 11.4 Å². The molecule has 0 bridgehead atoms. The van der Waals surface area contributed by atoms with E-state index >= 15 is 0 Å². The van der Waals surface area contributed by atoms with E-state index in [4.69, 9.17) is 5.73 Å². The highest BCUT2D eigenvalue weighted by Crippen LogP contribution is 2.12. The van der Waals surface area contributed by atoms with Crippen LogP contribution in [0, 0.1) is 0 Å². The fourth-order valence-electron chi connectivity index (χ4n) is 1.19. The molecule has 0 saturated heterocycles. The van der Waals surface area contributed by atoms with Crippen molar-refractivity contribution in [1.82, 2.24) is 25.2 Å². The van der Waals surface area contributed by atoms with Crippen molar-refractivity contribution < 1.29 is 0 Å². The zero-order chi connectivity index (χ0) is 10.7. The monoisotopic (exact) mass is 204 g/mol. The van der Waals surface area contributed by atoms with E-state index < -0.39 is 0 Å². The zero-order valence-electron chi connectivity index (χ0n) is 8.46. The molecule has 0 amide bonds. The summed E-state index contributed by atoms with van der Waals surface area (Å²) < 4.78 is 0. The van der Waals surface area contributed by atoms with Gasteiger partial charge in [0.2, 0.25) is 5.82 Å².